The van der Waals surface area contributed by atoms with E-state index in [2.05, 4.69) is 4.74 Å². The summed E-state index contributed by atoms with van der Waals surface area (Å²) in [5, 5.41) is 10.3. The van der Waals surface area contributed by atoms with E-state index in [4.69, 9.17) is 0 Å². The summed E-state index contributed by atoms with van der Waals surface area (Å²) in [6, 6.07) is 9.90. The van der Waals surface area contributed by atoms with E-state index in [-0.39, 0.29) is 17.9 Å². The van der Waals surface area contributed by atoms with Crippen molar-refractivity contribution in [3.8, 4) is 0 Å². The predicted octanol–water partition coefficient (Wildman–Crippen LogP) is 3.43. The van der Waals surface area contributed by atoms with Gasteiger partial charge in [-0.25, -0.2) is 0 Å². The summed E-state index contributed by atoms with van der Waals surface area (Å²) in [5.74, 6) is -0.0449. The fourth-order valence-corrected chi connectivity index (χ4v) is 3.34. The first-order valence-corrected chi connectivity index (χ1v) is 10.0. The lowest BCUT2D eigenvalue weighted by Gasteiger charge is -2.33. The van der Waals surface area contributed by atoms with Crippen molar-refractivity contribution in [3.05, 3.63) is 60.2 Å². The van der Waals surface area contributed by atoms with Crippen LogP contribution in [0.25, 0.3) is 0 Å². The lowest BCUT2D eigenvalue weighted by atomic mass is 9.99. The van der Waals surface area contributed by atoms with Crippen LogP contribution >= 0.6 is 0 Å². The van der Waals surface area contributed by atoms with E-state index in [1.807, 2.05) is 59.5 Å². The fraction of sp³-hybridized carbons (Fsp3) is 0.478. The third-order valence-electron chi connectivity index (χ3n) is 4.90. The molecular weight excluding hydrogens is 354 g/mol. The Morgan fingerprint density at radius 3 is 2.86 bits per heavy atom. The number of aliphatic hydroxyl groups excluding tert-OH is 1. The molecule has 1 heterocycles. The number of allylic oxidation sites excluding steroid dienone is 1. The number of rotatable bonds is 10. The molecule has 2 unspecified atom stereocenters. The van der Waals surface area contributed by atoms with Gasteiger partial charge in [-0.05, 0) is 31.2 Å². The largest absolute Gasteiger partial charge is 0.469 e. The molecule has 1 N–H and O–H groups in total. The van der Waals surface area contributed by atoms with Crippen molar-refractivity contribution in [3.63, 3.8) is 0 Å². The number of aliphatic hydroxyl groups is 1. The van der Waals surface area contributed by atoms with E-state index in [1.54, 1.807) is 0 Å². The van der Waals surface area contributed by atoms with Crippen LogP contribution in [-0.2, 0) is 20.7 Å². The average Bonchev–Trinajstić information content (AvgIpc) is 2.70. The second kappa shape index (κ2) is 12.1. The third-order valence-corrected chi connectivity index (χ3v) is 4.90. The van der Waals surface area contributed by atoms with Gasteiger partial charge in [0.15, 0.2) is 0 Å². The zero-order valence-electron chi connectivity index (χ0n) is 16.6. The van der Waals surface area contributed by atoms with Crippen LogP contribution in [0.3, 0.4) is 0 Å². The molecule has 0 radical (unpaired) electrons. The summed E-state index contributed by atoms with van der Waals surface area (Å²) in [4.78, 5) is 25.3. The minimum Gasteiger partial charge on any atom is -0.469 e. The number of benzene rings is 1. The van der Waals surface area contributed by atoms with E-state index < -0.39 is 6.10 Å². The number of hydrogen-bond donors (Lipinski definition) is 1. The molecule has 2 rings (SSSR count). The van der Waals surface area contributed by atoms with Crippen molar-refractivity contribution in [2.45, 2.75) is 57.1 Å². The van der Waals surface area contributed by atoms with Crippen LogP contribution in [0.4, 0.5) is 0 Å². The number of hydrogen-bond acceptors (Lipinski definition) is 4. The van der Waals surface area contributed by atoms with Gasteiger partial charge in [0, 0.05) is 25.8 Å². The molecule has 5 nitrogen and oxygen atoms in total. The minimum atomic E-state index is -0.560. The Hall–Kier alpha value is -2.40. The van der Waals surface area contributed by atoms with Crippen LogP contribution in [0.1, 0.15) is 44.1 Å². The maximum absolute atomic E-state index is 12.3. The highest BCUT2D eigenvalue weighted by atomic mass is 16.5. The van der Waals surface area contributed by atoms with Crippen molar-refractivity contribution in [1.82, 2.24) is 4.90 Å². The summed E-state index contributed by atoms with van der Waals surface area (Å²) < 4.78 is 4.62. The number of amides is 1. The van der Waals surface area contributed by atoms with Gasteiger partial charge in [-0.2, -0.15) is 0 Å². The summed E-state index contributed by atoms with van der Waals surface area (Å²) in [7, 11) is 1.39. The quantitative estimate of drug-likeness (QED) is 0.381. The van der Waals surface area contributed by atoms with E-state index in [9.17, 15) is 14.7 Å². The number of carbonyl (C=O) groups is 2. The lowest BCUT2D eigenvalue weighted by molar-refractivity contribution is -0.140. The number of nitrogens with zero attached hydrogens (tertiary/aromatic N) is 1. The SMILES string of the molecule is COC(=O)CCCC=CCN1C(=O)CCCC1C=CC(O)Cc1ccccc1. The zero-order chi connectivity index (χ0) is 20.2. The number of methoxy groups -OCH3 is 1. The Balaban J connectivity index is 1.83. The van der Waals surface area contributed by atoms with Gasteiger partial charge < -0.3 is 14.7 Å². The first-order valence-electron chi connectivity index (χ1n) is 10.0. The molecule has 1 saturated heterocycles. The number of ether oxygens (including phenoxy) is 1. The van der Waals surface area contributed by atoms with Crippen LogP contribution in [0.15, 0.2) is 54.6 Å². The molecule has 152 valence electrons. The molecule has 2 atom stereocenters. The predicted molar refractivity (Wildman–Crippen MR) is 110 cm³/mol. The molecule has 0 aromatic heterocycles. The molecule has 1 fully saturated rings. The Bertz CT molecular complexity index is 668. The van der Waals surface area contributed by atoms with Gasteiger partial charge in [-0.1, -0.05) is 54.6 Å². The Labute approximate surface area is 167 Å². The molecule has 1 aliphatic rings. The molecule has 5 heteroatoms. The normalized spacial score (nSPS) is 18.7. The van der Waals surface area contributed by atoms with E-state index in [0.717, 1.165) is 31.2 Å². The van der Waals surface area contributed by atoms with Crippen LogP contribution in [0.5, 0.6) is 0 Å². The Morgan fingerprint density at radius 2 is 2.11 bits per heavy atom. The van der Waals surface area contributed by atoms with Crippen LogP contribution in [0, 0.1) is 0 Å². The Kier molecular flexibility index (Phi) is 9.49. The standard InChI is InChI=1S/C23H31NO4/c1-28-23(27)14-7-2-3-8-17-24-20(12-9-13-22(24)26)15-16-21(25)18-19-10-5-4-6-11-19/h3-6,8,10-11,15-16,20-21,25H,2,7,9,12-14,17-18H2,1H3. The molecule has 1 amide bonds. The number of carbonyl (C=O) groups excluding carboxylic acids is 2. The fourth-order valence-electron chi connectivity index (χ4n) is 3.34. The number of unbranched alkanes of at least 4 members (excludes halogenated alkanes) is 1. The molecule has 0 spiro atoms. The maximum atomic E-state index is 12.3. The second-order valence-corrected chi connectivity index (χ2v) is 7.09. The van der Waals surface area contributed by atoms with E-state index >= 15 is 0 Å². The highest BCUT2D eigenvalue weighted by molar-refractivity contribution is 5.77. The first kappa shape index (κ1) is 21.9. The molecule has 0 aliphatic carbocycles. The minimum absolute atomic E-state index is 0.0198. The number of esters is 1. The highest BCUT2D eigenvalue weighted by Gasteiger charge is 2.25. The summed E-state index contributed by atoms with van der Waals surface area (Å²) in [6.45, 7) is 0.556. The van der Waals surface area contributed by atoms with Gasteiger partial charge in [0.2, 0.25) is 5.91 Å². The topological polar surface area (TPSA) is 66.8 Å². The van der Waals surface area contributed by atoms with Gasteiger partial charge in [-0.3, -0.25) is 9.59 Å². The van der Waals surface area contributed by atoms with E-state index in [1.165, 1.54) is 7.11 Å². The van der Waals surface area contributed by atoms with Crippen molar-refractivity contribution in [2.75, 3.05) is 13.7 Å². The monoisotopic (exact) mass is 385 g/mol. The van der Waals surface area contributed by atoms with E-state index in [0.29, 0.717) is 25.8 Å². The average molecular weight is 386 g/mol. The first-order chi connectivity index (χ1) is 13.6. The zero-order valence-corrected chi connectivity index (χ0v) is 16.6. The van der Waals surface area contributed by atoms with Gasteiger partial charge in [-0.15, -0.1) is 0 Å². The Morgan fingerprint density at radius 1 is 1.32 bits per heavy atom. The van der Waals surface area contributed by atoms with Crippen molar-refractivity contribution < 1.29 is 19.4 Å². The maximum Gasteiger partial charge on any atom is 0.305 e. The molecular formula is C23H31NO4. The highest BCUT2D eigenvalue weighted by Crippen LogP contribution is 2.20. The molecule has 1 aromatic carbocycles. The molecule has 0 bridgehead atoms. The molecule has 28 heavy (non-hydrogen) atoms. The van der Waals surface area contributed by atoms with Crippen molar-refractivity contribution in [1.29, 1.82) is 0 Å². The molecule has 1 aliphatic heterocycles. The van der Waals surface area contributed by atoms with Gasteiger partial charge in [0.1, 0.15) is 0 Å². The van der Waals surface area contributed by atoms with Gasteiger partial charge in [0.05, 0.1) is 19.3 Å². The van der Waals surface area contributed by atoms with Gasteiger partial charge in [0.25, 0.3) is 0 Å². The number of likely N-dealkylation sites (tertiary alicyclic amines) is 1. The second-order valence-electron chi connectivity index (χ2n) is 7.09. The van der Waals surface area contributed by atoms with Crippen LogP contribution in [-0.4, -0.2) is 47.7 Å². The summed E-state index contributed by atoms with van der Waals surface area (Å²) >= 11 is 0. The third kappa shape index (κ3) is 7.69. The van der Waals surface area contributed by atoms with Crippen LogP contribution < -0.4 is 0 Å². The summed E-state index contributed by atoms with van der Waals surface area (Å²) in [5.41, 5.74) is 1.09. The van der Waals surface area contributed by atoms with Crippen molar-refractivity contribution >= 4 is 11.9 Å². The van der Waals surface area contributed by atoms with Crippen LogP contribution in [0.2, 0.25) is 0 Å². The number of piperidine rings is 1. The summed E-state index contributed by atoms with van der Waals surface area (Å²) in [6.07, 6.45) is 12.1. The molecule has 1 aromatic rings. The van der Waals surface area contributed by atoms with Crippen molar-refractivity contribution in [2.24, 2.45) is 0 Å². The molecule has 0 saturated carbocycles. The smallest absolute Gasteiger partial charge is 0.305 e. The van der Waals surface area contributed by atoms with Gasteiger partial charge >= 0.3 is 5.97 Å². The lowest BCUT2D eigenvalue weighted by Crippen LogP contribution is -2.42.